The number of amides is 1. The zero-order valence-corrected chi connectivity index (χ0v) is 12.0. The first-order chi connectivity index (χ1) is 9.51. The smallest absolute Gasteiger partial charge is 0.239 e. The molecule has 20 heavy (non-hydrogen) atoms. The predicted octanol–water partition coefficient (Wildman–Crippen LogP) is 3.34. The third kappa shape index (κ3) is 3.10. The first-order valence-corrected chi connectivity index (χ1v) is 6.45. The molecule has 0 saturated heterocycles. The van der Waals surface area contributed by atoms with E-state index in [1.54, 1.807) is 35.0 Å². The van der Waals surface area contributed by atoms with Gasteiger partial charge in [-0.05, 0) is 25.1 Å². The number of benzene rings is 1. The van der Waals surface area contributed by atoms with Crippen molar-refractivity contribution in [1.29, 1.82) is 5.26 Å². The van der Waals surface area contributed by atoms with Crippen molar-refractivity contribution in [2.24, 2.45) is 0 Å². The van der Waals surface area contributed by atoms with Crippen LogP contribution in [-0.2, 0) is 4.79 Å². The standard InChI is InChI=1S/C13H10Cl2N4O/c1-8-6-12(17-13(20)4-5-16)18-19(8)9-2-3-10(14)11(15)7-9/h2-3,6-7H,4H2,1H3,(H,17,18,20). The molecule has 0 fully saturated rings. The Bertz CT molecular complexity index is 703. The maximum Gasteiger partial charge on any atom is 0.239 e. The van der Waals surface area contributed by atoms with Gasteiger partial charge in [-0.15, -0.1) is 5.10 Å². The molecule has 0 aliphatic carbocycles. The largest absolute Gasteiger partial charge is 0.308 e. The summed E-state index contributed by atoms with van der Waals surface area (Å²) in [6.07, 6.45) is -0.210. The van der Waals surface area contributed by atoms with Crippen molar-refractivity contribution in [3.63, 3.8) is 0 Å². The van der Waals surface area contributed by atoms with E-state index in [-0.39, 0.29) is 6.42 Å². The van der Waals surface area contributed by atoms with Gasteiger partial charge in [-0.3, -0.25) is 4.79 Å². The summed E-state index contributed by atoms with van der Waals surface area (Å²) in [5, 5.41) is 16.1. The Balaban J connectivity index is 2.29. The van der Waals surface area contributed by atoms with Crippen molar-refractivity contribution < 1.29 is 4.79 Å². The van der Waals surface area contributed by atoms with Gasteiger partial charge >= 0.3 is 0 Å². The molecular formula is C13H10Cl2N4O. The third-order valence-electron chi connectivity index (χ3n) is 2.54. The SMILES string of the molecule is Cc1cc(NC(=O)CC#N)nn1-c1ccc(Cl)c(Cl)c1. The molecule has 0 bridgehead atoms. The lowest BCUT2D eigenvalue weighted by atomic mass is 10.3. The van der Waals surface area contributed by atoms with E-state index in [1.165, 1.54) is 0 Å². The van der Waals surface area contributed by atoms with Gasteiger partial charge in [-0.25, -0.2) is 4.68 Å². The Labute approximate surface area is 125 Å². The number of carbonyl (C=O) groups excluding carboxylic acids is 1. The molecular weight excluding hydrogens is 299 g/mol. The normalized spacial score (nSPS) is 10.1. The average Bonchev–Trinajstić information content (AvgIpc) is 2.74. The molecule has 5 nitrogen and oxygen atoms in total. The number of aryl methyl sites for hydroxylation is 1. The Kier molecular flexibility index (Phi) is 4.28. The predicted molar refractivity (Wildman–Crippen MR) is 77.2 cm³/mol. The number of hydrogen-bond donors (Lipinski definition) is 1. The lowest BCUT2D eigenvalue weighted by molar-refractivity contribution is -0.115. The molecule has 7 heteroatoms. The second-order valence-corrected chi connectivity index (χ2v) is 4.88. The van der Waals surface area contributed by atoms with Gasteiger partial charge < -0.3 is 5.32 Å². The summed E-state index contributed by atoms with van der Waals surface area (Å²) >= 11 is 11.8. The summed E-state index contributed by atoms with van der Waals surface area (Å²) in [5.41, 5.74) is 1.55. The van der Waals surface area contributed by atoms with Crippen molar-refractivity contribution in [3.05, 3.63) is 40.0 Å². The molecule has 0 aliphatic rings. The fraction of sp³-hybridized carbons (Fsp3) is 0.154. The molecule has 0 spiro atoms. The van der Waals surface area contributed by atoms with Gasteiger partial charge in [0.15, 0.2) is 5.82 Å². The number of aromatic nitrogens is 2. The molecule has 0 saturated carbocycles. The fourth-order valence-electron chi connectivity index (χ4n) is 1.67. The maximum absolute atomic E-state index is 11.3. The van der Waals surface area contributed by atoms with Crippen LogP contribution in [0.2, 0.25) is 10.0 Å². The third-order valence-corrected chi connectivity index (χ3v) is 3.28. The van der Waals surface area contributed by atoms with Gasteiger partial charge in [0, 0.05) is 11.8 Å². The Hall–Kier alpha value is -2.03. The molecule has 2 rings (SSSR count). The highest BCUT2D eigenvalue weighted by Crippen LogP contribution is 2.25. The van der Waals surface area contributed by atoms with Gasteiger partial charge in [-0.2, -0.15) is 5.26 Å². The minimum absolute atomic E-state index is 0.210. The van der Waals surface area contributed by atoms with E-state index in [1.807, 2.05) is 6.92 Å². The van der Waals surface area contributed by atoms with Crippen molar-refractivity contribution in [3.8, 4) is 11.8 Å². The minimum Gasteiger partial charge on any atom is -0.308 e. The molecule has 1 aromatic heterocycles. The van der Waals surface area contributed by atoms with Crippen LogP contribution in [0, 0.1) is 18.3 Å². The molecule has 2 aromatic rings. The summed E-state index contributed by atoms with van der Waals surface area (Å²) in [7, 11) is 0. The molecule has 1 aromatic carbocycles. The second-order valence-electron chi connectivity index (χ2n) is 4.06. The maximum atomic E-state index is 11.3. The summed E-state index contributed by atoms with van der Waals surface area (Å²) < 4.78 is 1.63. The lowest BCUT2D eigenvalue weighted by Crippen LogP contribution is -2.11. The number of nitrogens with zero attached hydrogens (tertiary/aromatic N) is 3. The van der Waals surface area contributed by atoms with Gasteiger partial charge in [-0.1, -0.05) is 23.2 Å². The van der Waals surface area contributed by atoms with Gasteiger partial charge in [0.2, 0.25) is 5.91 Å². The van der Waals surface area contributed by atoms with Crippen LogP contribution in [0.5, 0.6) is 0 Å². The number of carbonyl (C=O) groups is 1. The summed E-state index contributed by atoms with van der Waals surface area (Å²) in [5.74, 6) is -0.0138. The summed E-state index contributed by atoms with van der Waals surface area (Å²) in [6.45, 7) is 1.84. The molecule has 1 amide bonds. The van der Waals surface area contributed by atoms with Crippen LogP contribution in [-0.4, -0.2) is 15.7 Å². The number of nitrogens with one attached hydrogen (secondary N) is 1. The quantitative estimate of drug-likeness (QED) is 0.945. The lowest BCUT2D eigenvalue weighted by Gasteiger charge is -2.05. The number of rotatable bonds is 3. The fourth-order valence-corrected chi connectivity index (χ4v) is 1.96. The summed E-state index contributed by atoms with van der Waals surface area (Å²) in [4.78, 5) is 11.3. The van der Waals surface area contributed by atoms with Crippen LogP contribution in [0.4, 0.5) is 5.82 Å². The van der Waals surface area contributed by atoms with E-state index < -0.39 is 5.91 Å². The van der Waals surface area contributed by atoms with E-state index in [9.17, 15) is 4.79 Å². The van der Waals surface area contributed by atoms with Crippen LogP contribution in [0.15, 0.2) is 24.3 Å². The molecule has 1 heterocycles. The number of nitriles is 1. The van der Waals surface area contributed by atoms with Crippen LogP contribution >= 0.6 is 23.2 Å². The van der Waals surface area contributed by atoms with Gasteiger partial charge in [0.05, 0.1) is 21.8 Å². The van der Waals surface area contributed by atoms with Gasteiger partial charge in [0.1, 0.15) is 6.42 Å². The number of halogens is 2. The zero-order chi connectivity index (χ0) is 14.7. The first-order valence-electron chi connectivity index (χ1n) is 5.70. The average molecular weight is 309 g/mol. The Morgan fingerprint density at radius 3 is 2.80 bits per heavy atom. The van der Waals surface area contributed by atoms with Crippen molar-refractivity contribution in [2.75, 3.05) is 5.32 Å². The molecule has 0 unspecified atom stereocenters. The van der Waals surface area contributed by atoms with E-state index in [2.05, 4.69) is 10.4 Å². The monoisotopic (exact) mass is 308 g/mol. The Morgan fingerprint density at radius 2 is 2.15 bits per heavy atom. The molecule has 0 radical (unpaired) electrons. The number of anilines is 1. The molecule has 0 atom stereocenters. The van der Waals surface area contributed by atoms with E-state index >= 15 is 0 Å². The Morgan fingerprint density at radius 1 is 1.40 bits per heavy atom. The summed E-state index contributed by atoms with van der Waals surface area (Å²) in [6, 6.07) is 8.61. The van der Waals surface area contributed by atoms with Gasteiger partial charge in [0.25, 0.3) is 0 Å². The second kappa shape index (κ2) is 5.95. The minimum atomic E-state index is -0.397. The first kappa shape index (κ1) is 14.4. The van der Waals surface area contributed by atoms with Crippen molar-refractivity contribution in [2.45, 2.75) is 13.3 Å². The van der Waals surface area contributed by atoms with Crippen LogP contribution in [0.1, 0.15) is 12.1 Å². The highest BCUT2D eigenvalue weighted by Gasteiger charge is 2.10. The molecule has 0 aliphatic heterocycles. The van der Waals surface area contributed by atoms with E-state index in [0.29, 0.717) is 15.9 Å². The zero-order valence-electron chi connectivity index (χ0n) is 10.5. The van der Waals surface area contributed by atoms with Crippen LogP contribution < -0.4 is 5.32 Å². The molecule has 1 N–H and O–H groups in total. The highest BCUT2D eigenvalue weighted by atomic mass is 35.5. The highest BCUT2D eigenvalue weighted by molar-refractivity contribution is 6.42. The van der Waals surface area contributed by atoms with E-state index in [0.717, 1.165) is 11.4 Å². The van der Waals surface area contributed by atoms with Crippen molar-refractivity contribution in [1.82, 2.24) is 9.78 Å². The number of hydrogen-bond acceptors (Lipinski definition) is 3. The van der Waals surface area contributed by atoms with Crippen LogP contribution in [0.25, 0.3) is 5.69 Å². The van der Waals surface area contributed by atoms with E-state index in [4.69, 9.17) is 28.5 Å². The van der Waals surface area contributed by atoms with Crippen molar-refractivity contribution >= 4 is 34.9 Å². The topological polar surface area (TPSA) is 70.7 Å². The molecule has 102 valence electrons. The van der Waals surface area contributed by atoms with Crippen LogP contribution in [0.3, 0.4) is 0 Å².